The summed E-state index contributed by atoms with van der Waals surface area (Å²) in [6.45, 7) is 5.09. The van der Waals surface area contributed by atoms with E-state index in [1.807, 2.05) is 54.5 Å². The highest BCUT2D eigenvalue weighted by atomic mass is 32.1. The third kappa shape index (κ3) is 4.08. The Morgan fingerprint density at radius 2 is 1.95 bits per heavy atom. The maximum absolute atomic E-state index is 12.5. The van der Waals surface area contributed by atoms with Gasteiger partial charge in [-0.1, -0.05) is 38.1 Å². The molecule has 3 nitrogen and oxygen atoms in total. The molecule has 21 heavy (non-hydrogen) atoms. The van der Waals surface area contributed by atoms with Crippen LogP contribution in [0.3, 0.4) is 0 Å². The van der Waals surface area contributed by atoms with Gasteiger partial charge < -0.3 is 9.64 Å². The van der Waals surface area contributed by atoms with Crippen molar-refractivity contribution in [2.75, 3.05) is 7.11 Å². The second-order valence-corrected chi connectivity index (χ2v) is 6.27. The van der Waals surface area contributed by atoms with Crippen molar-refractivity contribution < 1.29 is 9.53 Å². The Labute approximate surface area is 130 Å². The van der Waals surface area contributed by atoms with E-state index in [9.17, 15) is 4.79 Å². The molecule has 2 rings (SSSR count). The summed E-state index contributed by atoms with van der Waals surface area (Å²) in [5, 5.41) is 2.04. The van der Waals surface area contributed by atoms with Crippen LogP contribution in [0.5, 0.6) is 5.75 Å². The smallest absolute Gasteiger partial charge is 0.225 e. The molecule has 0 saturated carbocycles. The normalized spacial score (nSPS) is 10.7. The number of rotatable bonds is 6. The van der Waals surface area contributed by atoms with E-state index in [0.717, 1.165) is 11.3 Å². The van der Waals surface area contributed by atoms with Crippen LogP contribution in [0.4, 0.5) is 0 Å². The number of nitrogens with zero attached hydrogens (tertiary/aromatic N) is 1. The second kappa shape index (κ2) is 7.27. The quantitative estimate of drug-likeness (QED) is 0.809. The van der Waals surface area contributed by atoms with Gasteiger partial charge in [-0.2, -0.15) is 0 Å². The molecular weight excluding hydrogens is 282 g/mol. The predicted molar refractivity (Wildman–Crippen MR) is 86.4 cm³/mol. The lowest BCUT2D eigenvalue weighted by molar-refractivity contribution is -0.135. The van der Waals surface area contributed by atoms with Crippen molar-refractivity contribution in [3.05, 3.63) is 52.2 Å². The van der Waals surface area contributed by atoms with Gasteiger partial charge >= 0.3 is 0 Å². The van der Waals surface area contributed by atoms with Crippen molar-refractivity contribution in [2.24, 2.45) is 5.92 Å². The summed E-state index contributed by atoms with van der Waals surface area (Å²) in [6.07, 6.45) is 0. The Morgan fingerprint density at radius 1 is 1.19 bits per heavy atom. The third-order valence-electron chi connectivity index (χ3n) is 3.29. The summed E-state index contributed by atoms with van der Waals surface area (Å²) in [6, 6.07) is 11.9. The number of carbonyl (C=O) groups excluding carboxylic acids is 1. The molecule has 0 fully saturated rings. The van der Waals surface area contributed by atoms with Crippen LogP contribution in [0.1, 0.15) is 24.3 Å². The van der Waals surface area contributed by atoms with E-state index in [1.54, 1.807) is 18.4 Å². The van der Waals surface area contributed by atoms with Crippen LogP contribution in [0.2, 0.25) is 0 Å². The first kappa shape index (κ1) is 15.6. The minimum atomic E-state index is -0.0142. The summed E-state index contributed by atoms with van der Waals surface area (Å²) >= 11 is 1.68. The van der Waals surface area contributed by atoms with Gasteiger partial charge in [0.15, 0.2) is 0 Å². The number of thiophene rings is 1. The van der Waals surface area contributed by atoms with Crippen LogP contribution in [0.25, 0.3) is 0 Å². The van der Waals surface area contributed by atoms with Crippen LogP contribution < -0.4 is 4.74 Å². The molecule has 0 atom stereocenters. The van der Waals surface area contributed by atoms with Gasteiger partial charge in [0.2, 0.25) is 5.91 Å². The number of carbonyl (C=O) groups is 1. The number of hydrogen-bond donors (Lipinski definition) is 0. The van der Waals surface area contributed by atoms with Crippen molar-refractivity contribution in [2.45, 2.75) is 26.9 Å². The van der Waals surface area contributed by atoms with Crippen molar-refractivity contribution >= 4 is 17.2 Å². The van der Waals surface area contributed by atoms with E-state index in [1.165, 1.54) is 4.88 Å². The first-order valence-electron chi connectivity index (χ1n) is 7.05. The third-order valence-corrected chi connectivity index (χ3v) is 4.15. The standard InChI is InChI=1S/C17H21NO2S/c1-13(2)17(19)18(12-15-8-6-10-21-15)11-14-7-4-5-9-16(14)20-3/h4-10,13H,11-12H2,1-3H3. The van der Waals surface area contributed by atoms with Crippen molar-refractivity contribution in [3.8, 4) is 5.75 Å². The van der Waals surface area contributed by atoms with Gasteiger partial charge in [0, 0.05) is 22.9 Å². The molecule has 1 aromatic heterocycles. The molecule has 0 bridgehead atoms. The highest BCUT2D eigenvalue weighted by Crippen LogP contribution is 2.22. The molecule has 1 amide bonds. The van der Waals surface area contributed by atoms with E-state index < -0.39 is 0 Å². The van der Waals surface area contributed by atoms with Crippen LogP contribution in [0, 0.1) is 5.92 Å². The van der Waals surface area contributed by atoms with Gasteiger partial charge in [0.25, 0.3) is 0 Å². The second-order valence-electron chi connectivity index (χ2n) is 5.24. The molecule has 1 aromatic carbocycles. The molecule has 0 unspecified atom stereocenters. The van der Waals surface area contributed by atoms with E-state index >= 15 is 0 Å². The van der Waals surface area contributed by atoms with Crippen LogP contribution in [-0.4, -0.2) is 17.9 Å². The fourth-order valence-electron chi connectivity index (χ4n) is 2.21. The number of para-hydroxylation sites is 1. The first-order valence-corrected chi connectivity index (χ1v) is 7.93. The summed E-state index contributed by atoms with van der Waals surface area (Å²) < 4.78 is 5.39. The summed E-state index contributed by atoms with van der Waals surface area (Å²) in [4.78, 5) is 15.6. The van der Waals surface area contributed by atoms with E-state index in [2.05, 4.69) is 6.07 Å². The molecule has 0 aliphatic carbocycles. The van der Waals surface area contributed by atoms with Gasteiger partial charge in [-0.3, -0.25) is 4.79 Å². The number of benzene rings is 1. The van der Waals surface area contributed by atoms with Crippen molar-refractivity contribution in [1.82, 2.24) is 4.90 Å². The highest BCUT2D eigenvalue weighted by Gasteiger charge is 2.19. The fraction of sp³-hybridized carbons (Fsp3) is 0.353. The summed E-state index contributed by atoms with van der Waals surface area (Å²) in [5.41, 5.74) is 1.03. The van der Waals surface area contributed by atoms with E-state index in [-0.39, 0.29) is 11.8 Å². The molecule has 0 aliphatic heterocycles. The molecule has 0 saturated heterocycles. The molecule has 0 aliphatic rings. The Kier molecular flexibility index (Phi) is 5.39. The minimum absolute atomic E-state index is 0.0142. The average Bonchev–Trinajstić information content (AvgIpc) is 2.99. The zero-order chi connectivity index (χ0) is 15.2. The van der Waals surface area contributed by atoms with Crippen LogP contribution in [0.15, 0.2) is 41.8 Å². The Bertz CT molecular complexity index is 578. The van der Waals surface area contributed by atoms with Crippen molar-refractivity contribution in [1.29, 1.82) is 0 Å². The zero-order valence-corrected chi connectivity index (χ0v) is 13.5. The minimum Gasteiger partial charge on any atom is -0.496 e. The Morgan fingerprint density at radius 3 is 2.57 bits per heavy atom. The first-order chi connectivity index (χ1) is 10.1. The molecule has 1 heterocycles. The SMILES string of the molecule is COc1ccccc1CN(Cc1cccs1)C(=O)C(C)C. The molecule has 112 valence electrons. The van der Waals surface area contributed by atoms with E-state index in [0.29, 0.717) is 13.1 Å². The number of hydrogen-bond acceptors (Lipinski definition) is 3. The van der Waals surface area contributed by atoms with Gasteiger partial charge in [-0.25, -0.2) is 0 Å². The molecule has 2 aromatic rings. The summed E-state index contributed by atoms with van der Waals surface area (Å²) in [7, 11) is 1.66. The number of methoxy groups -OCH3 is 1. The lowest BCUT2D eigenvalue weighted by Crippen LogP contribution is -2.33. The maximum Gasteiger partial charge on any atom is 0.225 e. The molecule has 0 spiro atoms. The predicted octanol–water partition coefficient (Wildman–Crippen LogP) is 3.94. The van der Waals surface area contributed by atoms with Gasteiger partial charge in [0.05, 0.1) is 13.7 Å². The molecule has 0 N–H and O–H groups in total. The Hall–Kier alpha value is -1.81. The molecule has 0 radical (unpaired) electrons. The highest BCUT2D eigenvalue weighted by molar-refractivity contribution is 7.09. The number of ether oxygens (including phenoxy) is 1. The van der Waals surface area contributed by atoms with E-state index in [4.69, 9.17) is 4.74 Å². The molecule has 4 heteroatoms. The average molecular weight is 303 g/mol. The lowest BCUT2D eigenvalue weighted by atomic mass is 10.1. The monoisotopic (exact) mass is 303 g/mol. The zero-order valence-electron chi connectivity index (χ0n) is 12.7. The van der Waals surface area contributed by atoms with Gasteiger partial charge in [-0.15, -0.1) is 11.3 Å². The summed E-state index contributed by atoms with van der Waals surface area (Å²) in [5.74, 6) is 0.971. The topological polar surface area (TPSA) is 29.5 Å². The van der Waals surface area contributed by atoms with Crippen LogP contribution in [-0.2, 0) is 17.9 Å². The van der Waals surface area contributed by atoms with Gasteiger partial charge in [0.1, 0.15) is 5.75 Å². The Balaban J connectivity index is 2.21. The lowest BCUT2D eigenvalue weighted by Gasteiger charge is -2.25. The fourth-order valence-corrected chi connectivity index (χ4v) is 2.93. The van der Waals surface area contributed by atoms with Crippen molar-refractivity contribution in [3.63, 3.8) is 0 Å². The van der Waals surface area contributed by atoms with Gasteiger partial charge in [-0.05, 0) is 17.5 Å². The largest absolute Gasteiger partial charge is 0.496 e. The maximum atomic E-state index is 12.5. The van der Waals surface area contributed by atoms with Crippen LogP contribution >= 0.6 is 11.3 Å². The molecular formula is C17H21NO2S. The number of amides is 1.